The molecule has 2 N–H and O–H groups in total. The van der Waals surface area contributed by atoms with E-state index in [9.17, 15) is 23.1 Å². The smallest absolute Gasteiger partial charge is 0.393 e. The van der Waals surface area contributed by atoms with Crippen LogP contribution in [0.3, 0.4) is 0 Å². The number of amides is 1. The van der Waals surface area contributed by atoms with Crippen LogP contribution in [0.1, 0.15) is 37.7 Å². The lowest BCUT2D eigenvalue weighted by molar-refractivity contribution is -0.184. The van der Waals surface area contributed by atoms with E-state index in [1.165, 1.54) is 6.20 Å². The third kappa shape index (κ3) is 6.00. The summed E-state index contributed by atoms with van der Waals surface area (Å²) in [4.78, 5) is 16.2. The second-order valence-corrected chi connectivity index (χ2v) is 8.00. The Kier molecular flexibility index (Phi) is 6.91. The van der Waals surface area contributed by atoms with E-state index in [4.69, 9.17) is 11.6 Å². The fraction of sp³-hybridized carbons (Fsp3) is 0.600. The molecule has 1 aliphatic heterocycles. The number of aliphatic hydroxyl groups excluding tert-OH is 1. The van der Waals surface area contributed by atoms with Gasteiger partial charge in [-0.2, -0.15) is 13.2 Å². The average Bonchev–Trinajstić information content (AvgIpc) is 3.14. The van der Waals surface area contributed by atoms with Gasteiger partial charge in [-0.15, -0.1) is 0 Å². The lowest BCUT2D eigenvalue weighted by Crippen LogP contribution is -2.39. The van der Waals surface area contributed by atoms with Gasteiger partial charge in [-0.1, -0.05) is 23.4 Å². The Balaban J connectivity index is 1.62. The van der Waals surface area contributed by atoms with Crippen molar-refractivity contribution in [2.24, 2.45) is 11.8 Å². The number of carbonyl (C=O) groups excluding carboxylic acids is 1. The molecule has 29 heavy (non-hydrogen) atoms. The molecule has 0 radical (unpaired) electrons. The zero-order valence-electron chi connectivity index (χ0n) is 15.8. The molecule has 158 valence electrons. The molecule has 2 aliphatic rings. The van der Waals surface area contributed by atoms with Crippen LogP contribution in [-0.4, -0.2) is 52.8 Å². The Morgan fingerprint density at radius 2 is 2.03 bits per heavy atom. The van der Waals surface area contributed by atoms with Crippen LogP contribution >= 0.6 is 11.6 Å². The lowest BCUT2D eigenvalue weighted by atomic mass is 9.87. The molecular weight excluding hydrogens is 407 g/mol. The van der Waals surface area contributed by atoms with Gasteiger partial charge in [0, 0.05) is 31.7 Å². The van der Waals surface area contributed by atoms with Crippen LogP contribution in [0, 0.1) is 23.7 Å². The van der Waals surface area contributed by atoms with Crippen LogP contribution in [-0.2, 0) is 4.79 Å². The number of hydrogen-bond acceptors (Lipinski definition) is 4. The standard InChI is InChI=1S/C20H23ClF3N3O2/c21-18-9-17(25-10-13-2-5-16(28)6-3-13)15(11-26-18)4-1-14-7-8-27(12-14)19(29)20(22,23)24/h9,11,13-14,16,28H,2-3,5-8,10,12H2,(H,25,26). The van der Waals surface area contributed by atoms with Crippen LogP contribution in [0.4, 0.5) is 18.9 Å². The first-order valence-corrected chi connectivity index (χ1v) is 10.1. The predicted molar refractivity (Wildman–Crippen MR) is 103 cm³/mol. The number of halogens is 4. The third-order valence-corrected chi connectivity index (χ3v) is 5.60. The number of carbonyl (C=O) groups is 1. The topological polar surface area (TPSA) is 65.5 Å². The molecule has 2 fully saturated rings. The first-order chi connectivity index (χ1) is 13.7. The SMILES string of the molecule is O=C(N1CCC(C#Cc2cnc(Cl)cc2NCC2CCC(O)CC2)C1)C(F)(F)F. The van der Waals surface area contributed by atoms with Crippen molar-refractivity contribution in [1.29, 1.82) is 0 Å². The zero-order valence-corrected chi connectivity index (χ0v) is 16.6. The van der Waals surface area contributed by atoms with Crippen LogP contribution in [0.5, 0.6) is 0 Å². The van der Waals surface area contributed by atoms with E-state index in [2.05, 4.69) is 22.1 Å². The molecule has 1 amide bonds. The van der Waals surface area contributed by atoms with Gasteiger partial charge < -0.3 is 15.3 Å². The van der Waals surface area contributed by atoms with Crippen molar-refractivity contribution in [1.82, 2.24) is 9.88 Å². The van der Waals surface area contributed by atoms with Crippen molar-refractivity contribution >= 4 is 23.2 Å². The summed E-state index contributed by atoms with van der Waals surface area (Å²) in [6, 6.07) is 1.68. The third-order valence-electron chi connectivity index (χ3n) is 5.40. The molecule has 0 spiro atoms. The highest BCUT2D eigenvalue weighted by Gasteiger charge is 2.44. The summed E-state index contributed by atoms with van der Waals surface area (Å²) in [6.45, 7) is 0.744. The van der Waals surface area contributed by atoms with Crippen molar-refractivity contribution in [2.45, 2.75) is 44.4 Å². The molecule has 1 saturated heterocycles. The molecule has 1 aromatic heterocycles. The molecule has 1 unspecified atom stereocenters. The highest BCUT2D eigenvalue weighted by Crippen LogP contribution is 2.27. The molecule has 0 aromatic carbocycles. The number of nitrogens with zero attached hydrogens (tertiary/aromatic N) is 2. The quantitative estimate of drug-likeness (QED) is 0.570. The summed E-state index contributed by atoms with van der Waals surface area (Å²) < 4.78 is 37.7. The summed E-state index contributed by atoms with van der Waals surface area (Å²) in [5.41, 5.74) is 1.34. The van der Waals surface area contributed by atoms with E-state index in [0.29, 0.717) is 23.1 Å². The van der Waals surface area contributed by atoms with E-state index in [1.54, 1.807) is 6.07 Å². The van der Waals surface area contributed by atoms with Crippen LogP contribution in [0.15, 0.2) is 12.3 Å². The minimum absolute atomic E-state index is 0.0282. The van der Waals surface area contributed by atoms with Gasteiger partial charge in [0.1, 0.15) is 5.15 Å². The maximum absolute atomic E-state index is 12.6. The molecule has 5 nitrogen and oxygen atoms in total. The van der Waals surface area contributed by atoms with Crippen molar-refractivity contribution in [3.05, 3.63) is 23.0 Å². The van der Waals surface area contributed by atoms with Gasteiger partial charge in [0.2, 0.25) is 0 Å². The Morgan fingerprint density at radius 3 is 2.72 bits per heavy atom. The van der Waals surface area contributed by atoms with Gasteiger partial charge >= 0.3 is 12.1 Å². The number of anilines is 1. The fourth-order valence-electron chi connectivity index (χ4n) is 3.70. The Bertz CT molecular complexity index is 798. The van der Waals surface area contributed by atoms with Crippen molar-refractivity contribution in [3.8, 4) is 11.8 Å². The Hall–Kier alpha value is -1.98. The van der Waals surface area contributed by atoms with Gasteiger partial charge in [0.15, 0.2) is 0 Å². The number of nitrogens with one attached hydrogen (secondary N) is 1. The van der Waals surface area contributed by atoms with Gasteiger partial charge in [0.05, 0.1) is 17.4 Å². The Labute approximate surface area is 172 Å². The fourth-order valence-corrected chi connectivity index (χ4v) is 3.86. The molecule has 9 heteroatoms. The molecule has 1 aromatic rings. The van der Waals surface area contributed by atoms with Crippen LogP contribution < -0.4 is 5.32 Å². The summed E-state index contributed by atoms with van der Waals surface area (Å²) in [6.07, 6.45) is 0.361. The first kappa shape index (κ1) is 21.7. The largest absolute Gasteiger partial charge is 0.471 e. The number of aliphatic hydroxyl groups is 1. The average molecular weight is 430 g/mol. The zero-order chi connectivity index (χ0) is 21.0. The summed E-state index contributed by atoms with van der Waals surface area (Å²) >= 11 is 6.00. The second kappa shape index (κ2) is 9.23. The van der Waals surface area contributed by atoms with E-state index in [-0.39, 0.29) is 25.1 Å². The number of likely N-dealkylation sites (tertiary alicyclic amines) is 1. The maximum Gasteiger partial charge on any atom is 0.471 e. The highest BCUT2D eigenvalue weighted by atomic mass is 35.5. The molecule has 2 heterocycles. The monoisotopic (exact) mass is 429 g/mol. The van der Waals surface area contributed by atoms with Gasteiger partial charge in [-0.05, 0) is 44.1 Å². The van der Waals surface area contributed by atoms with Gasteiger partial charge in [0.25, 0.3) is 0 Å². The molecule has 1 saturated carbocycles. The molecular formula is C20H23ClF3N3O2. The summed E-state index contributed by atoms with van der Waals surface area (Å²) in [7, 11) is 0. The van der Waals surface area contributed by atoms with Gasteiger partial charge in [-0.3, -0.25) is 4.79 Å². The lowest BCUT2D eigenvalue weighted by Gasteiger charge is -2.26. The normalized spacial score (nSPS) is 24.7. The van der Waals surface area contributed by atoms with E-state index in [0.717, 1.165) is 42.8 Å². The number of hydrogen-bond donors (Lipinski definition) is 2. The van der Waals surface area contributed by atoms with Crippen molar-refractivity contribution in [3.63, 3.8) is 0 Å². The predicted octanol–water partition coefficient (Wildman–Crippen LogP) is 3.46. The number of alkyl halides is 3. The highest BCUT2D eigenvalue weighted by molar-refractivity contribution is 6.29. The molecule has 0 bridgehead atoms. The number of aromatic nitrogens is 1. The van der Waals surface area contributed by atoms with E-state index >= 15 is 0 Å². The Morgan fingerprint density at radius 1 is 1.31 bits per heavy atom. The minimum Gasteiger partial charge on any atom is -0.393 e. The summed E-state index contributed by atoms with van der Waals surface area (Å²) in [5, 5.41) is 13.3. The van der Waals surface area contributed by atoms with E-state index < -0.39 is 12.1 Å². The number of rotatable bonds is 3. The molecule has 3 rings (SSSR count). The first-order valence-electron chi connectivity index (χ1n) is 9.67. The minimum atomic E-state index is -4.85. The summed E-state index contributed by atoms with van der Waals surface area (Å²) in [5.74, 6) is 4.27. The molecule has 1 aliphatic carbocycles. The van der Waals surface area contributed by atoms with E-state index in [1.807, 2.05) is 0 Å². The maximum atomic E-state index is 12.6. The van der Waals surface area contributed by atoms with Gasteiger partial charge in [-0.25, -0.2) is 4.98 Å². The van der Waals surface area contributed by atoms with Crippen LogP contribution in [0.2, 0.25) is 5.15 Å². The number of pyridine rings is 1. The second-order valence-electron chi connectivity index (χ2n) is 7.61. The van der Waals surface area contributed by atoms with Crippen molar-refractivity contribution in [2.75, 3.05) is 25.0 Å². The van der Waals surface area contributed by atoms with Crippen LogP contribution in [0.25, 0.3) is 0 Å². The van der Waals surface area contributed by atoms with Crippen molar-refractivity contribution < 1.29 is 23.1 Å². The molecule has 1 atom stereocenters.